The van der Waals surface area contributed by atoms with Gasteiger partial charge in [-0.1, -0.05) is 36.8 Å². The third kappa shape index (κ3) is 4.98. The summed E-state index contributed by atoms with van der Waals surface area (Å²) in [5.74, 6) is 1.33. The molecule has 27 heavy (non-hydrogen) atoms. The maximum absolute atomic E-state index is 12.2. The molecule has 3 aromatic rings. The van der Waals surface area contributed by atoms with Crippen LogP contribution in [-0.4, -0.2) is 24.1 Å². The van der Waals surface area contributed by atoms with Crippen LogP contribution in [0.25, 0.3) is 10.2 Å². The van der Waals surface area contributed by atoms with Gasteiger partial charge in [0, 0.05) is 0 Å². The van der Waals surface area contributed by atoms with Gasteiger partial charge in [-0.2, -0.15) is 0 Å². The number of thiazole rings is 1. The summed E-state index contributed by atoms with van der Waals surface area (Å²) in [6.45, 7) is 6.79. The van der Waals surface area contributed by atoms with Crippen molar-refractivity contribution < 1.29 is 14.3 Å². The number of carbonyl (C=O) groups excluding carboxylic acids is 1. The number of hydrogen-bond acceptors (Lipinski definition) is 5. The first-order valence-corrected chi connectivity index (χ1v) is 9.90. The number of nitrogens with one attached hydrogen (secondary N) is 1. The van der Waals surface area contributed by atoms with E-state index in [1.165, 1.54) is 11.3 Å². The zero-order valence-electron chi connectivity index (χ0n) is 15.9. The molecule has 2 aromatic carbocycles. The minimum Gasteiger partial charge on any atom is -0.494 e. The second-order valence-corrected chi connectivity index (χ2v) is 7.42. The first-order valence-electron chi connectivity index (χ1n) is 9.09. The number of anilines is 1. The number of aryl methyl sites for hydroxylation is 1. The maximum atomic E-state index is 12.2. The van der Waals surface area contributed by atoms with E-state index in [0.717, 1.165) is 45.7 Å². The second-order valence-electron chi connectivity index (χ2n) is 6.39. The van der Waals surface area contributed by atoms with E-state index in [4.69, 9.17) is 9.47 Å². The van der Waals surface area contributed by atoms with E-state index >= 15 is 0 Å². The molecule has 0 aliphatic carbocycles. The van der Waals surface area contributed by atoms with E-state index in [0.29, 0.717) is 11.7 Å². The molecule has 0 aliphatic heterocycles. The highest BCUT2D eigenvalue weighted by Crippen LogP contribution is 2.29. The van der Waals surface area contributed by atoms with Crippen LogP contribution in [0.15, 0.2) is 36.4 Å². The van der Waals surface area contributed by atoms with Gasteiger partial charge < -0.3 is 9.47 Å². The molecule has 0 saturated heterocycles. The van der Waals surface area contributed by atoms with Gasteiger partial charge in [-0.05, 0) is 55.7 Å². The summed E-state index contributed by atoms with van der Waals surface area (Å²) in [4.78, 5) is 16.7. The molecule has 0 bridgehead atoms. The molecule has 0 saturated carbocycles. The Kier molecular flexibility index (Phi) is 6.29. The summed E-state index contributed by atoms with van der Waals surface area (Å²) in [7, 11) is 0. The van der Waals surface area contributed by atoms with E-state index < -0.39 is 0 Å². The van der Waals surface area contributed by atoms with Crippen molar-refractivity contribution in [2.45, 2.75) is 33.6 Å². The topological polar surface area (TPSA) is 60.5 Å². The molecule has 0 fully saturated rings. The lowest BCUT2D eigenvalue weighted by Crippen LogP contribution is -2.20. The van der Waals surface area contributed by atoms with Gasteiger partial charge in [0.25, 0.3) is 5.91 Å². The third-order valence-electron chi connectivity index (χ3n) is 4.29. The summed E-state index contributed by atoms with van der Waals surface area (Å²) in [5, 5.41) is 3.37. The number of ether oxygens (including phenoxy) is 2. The summed E-state index contributed by atoms with van der Waals surface area (Å²) < 4.78 is 12.4. The minimum absolute atomic E-state index is 0.0500. The van der Waals surface area contributed by atoms with Crippen molar-refractivity contribution in [3.8, 4) is 11.5 Å². The Morgan fingerprint density at radius 3 is 2.85 bits per heavy atom. The molecule has 3 rings (SSSR count). The van der Waals surface area contributed by atoms with Gasteiger partial charge >= 0.3 is 0 Å². The predicted molar refractivity (Wildman–Crippen MR) is 110 cm³/mol. The average Bonchev–Trinajstić information content (AvgIpc) is 3.04. The molecule has 1 aromatic heterocycles. The molecule has 0 unspecified atom stereocenters. The third-order valence-corrected chi connectivity index (χ3v) is 5.22. The van der Waals surface area contributed by atoms with Gasteiger partial charge in [-0.3, -0.25) is 10.1 Å². The molecule has 1 amide bonds. The zero-order chi connectivity index (χ0) is 19.2. The number of hydrogen-bond donors (Lipinski definition) is 1. The fourth-order valence-electron chi connectivity index (χ4n) is 2.56. The minimum atomic E-state index is -0.227. The van der Waals surface area contributed by atoms with Gasteiger partial charge in [0.1, 0.15) is 11.5 Å². The Morgan fingerprint density at radius 2 is 2.04 bits per heavy atom. The van der Waals surface area contributed by atoms with Crippen molar-refractivity contribution in [2.24, 2.45) is 0 Å². The SMILES string of the molecule is CCCCOc1ccc2nc(NC(=O)COc3cccc(C)c3C)sc2c1. The highest BCUT2D eigenvalue weighted by Gasteiger charge is 2.10. The van der Waals surface area contributed by atoms with Crippen molar-refractivity contribution in [1.82, 2.24) is 4.98 Å². The van der Waals surface area contributed by atoms with E-state index in [9.17, 15) is 4.79 Å². The van der Waals surface area contributed by atoms with Gasteiger partial charge in [-0.25, -0.2) is 4.98 Å². The predicted octanol–water partition coefficient (Wildman–Crippen LogP) is 5.11. The van der Waals surface area contributed by atoms with Crippen molar-refractivity contribution >= 4 is 32.6 Å². The Labute approximate surface area is 163 Å². The largest absolute Gasteiger partial charge is 0.494 e. The fourth-order valence-corrected chi connectivity index (χ4v) is 3.47. The molecule has 0 atom stereocenters. The summed E-state index contributed by atoms with van der Waals surface area (Å²) in [5.41, 5.74) is 3.02. The highest BCUT2D eigenvalue weighted by atomic mass is 32.1. The summed E-state index contributed by atoms with van der Waals surface area (Å²) in [6.07, 6.45) is 2.13. The van der Waals surface area contributed by atoms with Crippen LogP contribution in [0.3, 0.4) is 0 Å². The number of rotatable bonds is 8. The number of fused-ring (bicyclic) bond motifs is 1. The van der Waals surface area contributed by atoms with E-state index in [-0.39, 0.29) is 12.5 Å². The lowest BCUT2D eigenvalue weighted by molar-refractivity contribution is -0.118. The Morgan fingerprint density at radius 1 is 1.19 bits per heavy atom. The van der Waals surface area contributed by atoms with Gasteiger partial charge in [-0.15, -0.1) is 0 Å². The molecule has 0 spiro atoms. The second kappa shape index (κ2) is 8.86. The lowest BCUT2D eigenvalue weighted by Gasteiger charge is -2.10. The molecular weight excluding hydrogens is 360 g/mol. The maximum Gasteiger partial charge on any atom is 0.264 e. The molecular formula is C21H24N2O3S. The number of amides is 1. The number of benzene rings is 2. The molecule has 1 N–H and O–H groups in total. The quantitative estimate of drug-likeness (QED) is 0.548. The fraction of sp³-hybridized carbons (Fsp3) is 0.333. The molecule has 5 nitrogen and oxygen atoms in total. The van der Waals surface area contributed by atoms with Gasteiger partial charge in [0.2, 0.25) is 0 Å². The van der Waals surface area contributed by atoms with Crippen molar-refractivity contribution in [3.05, 3.63) is 47.5 Å². The van der Waals surface area contributed by atoms with Crippen LogP contribution in [-0.2, 0) is 4.79 Å². The van der Waals surface area contributed by atoms with Crippen LogP contribution in [0.5, 0.6) is 11.5 Å². The molecule has 1 heterocycles. The molecule has 0 aliphatic rings. The summed E-state index contributed by atoms with van der Waals surface area (Å²) >= 11 is 1.43. The van der Waals surface area contributed by atoms with Crippen LogP contribution in [0, 0.1) is 13.8 Å². The lowest BCUT2D eigenvalue weighted by atomic mass is 10.1. The van der Waals surface area contributed by atoms with E-state index in [2.05, 4.69) is 17.2 Å². The van der Waals surface area contributed by atoms with E-state index in [1.807, 2.05) is 50.2 Å². The molecule has 142 valence electrons. The highest BCUT2D eigenvalue weighted by molar-refractivity contribution is 7.22. The van der Waals surface area contributed by atoms with Crippen molar-refractivity contribution in [3.63, 3.8) is 0 Å². The van der Waals surface area contributed by atoms with Crippen LogP contribution >= 0.6 is 11.3 Å². The number of carbonyl (C=O) groups is 1. The first kappa shape index (κ1) is 19.2. The van der Waals surface area contributed by atoms with Crippen molar-refractivity contribution in [2.75, 3.05) is 18.5 Å². The number of aromatic nitrogens is 1. The Hall–Kier alpha value is -2.60. The summed E-state index contributed by atoms with van der Waals surface area (Å²) in [6, 6.07) is 11.6. The van der Waals surface area contributed by atoms with Crippen LogP contribution in [0.1, 0.15) is 30.9 Å². The number of unbranched alkanes of at least 4 members (excludes halogenated alkanes) is 1. The average molecular weight is 385 g/mol. The Bertz CT molecular complexity index is 936. The molecule has 6 heteroatoms. The van der Waals surface area contributed by atoms with Crippen molar-refractivity contribution in [1.29, 1.82) is 0 Å². The monoisotopic (exact) mass is 384 g/mol. The Balaban J connectivity index is 1.60. The van der Waals surface area contributed by atoms with Gasteiger partial charge in [0.05, 0.1) is 16.8 Å². The van der Waals surface area contributed by atoms with E-state index in [1.54, 1.807) is 0 Å². The normalized spacial score (nSPS) is 10.8. The van der Waals surface area contributed by atoms with Crippen LogP contribution < -0.4 is 14.8 Å². The zero-order valence-corrected chi connectivity index (χ0v) is 16.7. The smallest absolute Gasteiger partial charge is 0.264 e. The molecule has 0 radical (unpaired) electrons. The van der Waals surface area contributed by atoms with Crippen LogP contribution in [0.4, 0.5) is 5.13 Å². The van der Waals surface area contributed by atoms with Crippen LogP contribution in [0.2, 0.25) is 0 Å². The van der Waals surface area contributed by atoms with Gasteiger partial charge in [0.15, 0.2) is 11.7 Å². The number of nitrogens with zero attached hydrogens (tertiary/aromatic N) is 1. The first-order chi connectivity index (χ1) is 13.1. The standard InChI is InChI=1S/C21H24N2O3S/c1-4-5-11-25-16-9-10-17-19(12-16)27-21(22-17)23-20(24)13-26-18-8-6-7-14(2)15(18)3/h6-10,12H,4-5,11,13H2,1-3H3,(H,22,23,24).